The van der Waals surface area contributed by atoms with Gasteiger partial charge in [-0.2, -0.15) is 0 Å². The van der Waals surface area contributed by atoms with Crippen molar-refractivity contribution in [3.63, 3.8) is 0 Å². The maximum Gasteiger partial charge on any atom is 0.338 e. The van der Waals surface area contributed by atoms with Gasteiger partial charge in [-0.15, -0.1) is 11.8 Å². The van der Waals surface area contributed by atoms with Crippen molar-refractivity contribution in [2.24, 2.45) is 0 Å². The number of hydrogen-bond donors (Lipinski definition) is 1. The fraction of sp³-hybridized carbons (Fsp3) is 0.263. The average molecular weight is 374 g/mol. The fourth-order valence-electron chi connectivity index (χ4n) is 2.71. The highest BCUT2D eigenvalue weighted by Gasteiger charge is 2.32. The van der Waals surface area contributed by atoms with E-state index in [1.165, 1.54) is 17.8 Å². The molecule has 3 rings (SSSR count). The Bertz CT molecular complexity index is 798. The van der Waals surface area contributed by atoms with Gasteiger partial charge in [0.1, 0.15) is 11.2 Å². The van der Waals surface area contributed by atoms with Crippen LogP contribution in [0.15, 0.2) is 48.5 Å². The van der Waals surface area contributed by atoms with Gasteiger partial charge >= 0.3 is 12.0 Å². The third-order valence-electron chi connectivity index (χ3n) is 3.97. The molecule has 2 aromatic rings. The van der Waals surface area contributed by atoms with E-state index >= 15 is 0 Å². The fourth-order valence-corrected chi connectivity index (χ4v) is 3.99. The summed E-state index contributed by atoms with van der Waals surface area (Å²) in [5, 5.41) is 2.45. The molecule has 0 radical (unpaired) electrons. The van der Waals surface area contributed by atoms with E-state index in [4.69, 9.17) is 4.74 Å². The quantitative estimate of drug-likeness (QED) is 0.812. The summed E-state index contributed by atoms with van der Waals surface area (Å²) in [5.74, 6) is 0.0261. The maximum absolute atomic E-state index is 14.1. The number of carbonyl (C=O) groups excluding carboxylic acids is 2. The molecule has 1 unspecified atom stereocenters. The first kappa shape index (κ1) is 18.3. The summed E-state index contributed by atoms with van der Waals surface area (Å²) in [4.78, 5) is 25.9. The van der Waals surface area contributed by atoms with Crippen LogP contribution in [0.4, 0.5) is 14.9 Å². The van der Waals surface area contributed by atoms with Crippen molar-refractivity contribution in [3.05, 3.63) is 65.5 Å². The Hall–Kier alpha value is -2.54. The molecule has 7 heteroatoms. The molecule has 0 saturated carbocycles. The number of halogens is 1. The molecule has 136 valence electrons. The molecule has 1 saturated heterocycles. The molecule has 1 aliphatic heterocycles. The minimum absolute atomic E-state index is 0.299. The molecule has 1 fully saturated rings. The van der Waals surface area contributed by atoms with Gasteiger partial charge in [-0.05, 0) is 37.3 Å². The van der Waals surface area contributed by atoms with Crippen LogP contribution >= 0.6 is 11.8 Å². The normalized spacial score (nSPS) is 16.4. The van der Waals surface area contributed by atoms with Gasteiger partial charge in [0.05, 0.1) is 12.2 Å². The van der Waals surface area contributed by atoms with Gasteiger partial charge < -0.3 is 15.0 Å². The Kier molecular flexibility index (Phi) is 5.78. The molecule has 1 aliphatic rings. The highest BCUT2D eigenvalue weighted by atomic mass is 32.2. The first-order valence-electron chi connectivity index (χ1n) is 8.31. The summed E-state index contributed by atoms with van der Waals surface area (Å²) in [7, 11) is 0. The van der Waals surface area contributed by atoms with Crippen molar-refractivity contribution in [1.82, 2.24) is 4.90 Å². The molecular formula is C19H19FN2O3S. The number of benzene rings is 2. The SMILES string of the molecule is CCOC(=O)c1ccc(NC(=O)N2CCSC2c2ccccc2F)cc1. The second-order valence-corrected chi connectivity index (χ2v) is 6.85. The molecule has 0 aliphatic carbocycles. The Morgan fingerprint density at radius 1 is 1.23 bits per heavy atom. The third kappa shape index (κ3) is 3.99. The Labute approximate surface area is 155 Å². The number of thioether (sulfide) groups is 1. The van der Waals surface area contributed by atoms with Gasteiger partial charge in [-0.3, -0.25) is 0 Å². The van der Waals surface area contributed by atoms with Gasteiger partial charge in [0.2, 0.25) is 0 Å². The van der Waals surface area contributed by atoms with Gasteiger partial charge in [0.15, 0.2) is 0 Å². The number of nitrogens with zero attached hydrogens (tertiary/aromatic N) is 1. The van der Waals surface area contributed by atoms with Crippen LogP contribution in [0.25, 0.3) is 0 Å². The molecule has 26 heavy (non-hydrogen) atoms. The van der Waals surface area contributed by atoms with Crippen LogP contribution in [0, 0.1) is 5.82 Å². The lowest BCUT2D eigenvalue weighted by molar-refractivity contribution is 0.0526. The second kappa shape index (κ2) is 8.23. The van der Waals surface area contributed by atoms with E-state index in [-0.39, 0.29) is 17.2 Å². The second-order valence-electron chi connectivity index (χ2n) is 5.67. The maximum atomic E-state index is 14.1. The highest BCUT2D eigenvalue weighted by molar-refractivity contribution is 7.99. The van der Waals surface area contributed by atoms with Gasteiger partial charge in [-0.25, -0.2) is 14.0 Å². The lowest BCUT2D eigenvalue weighted by Gasteiger charge is -2.24. The monoisotopic (exact) mass is 374 g/mol. The van der Waals surface area contributed by atoms with E-state index < -0.39 is 5.97 Å². The Morgan fingerprint density at radius 3 is 2.65 bits per heavy atom. The predicted octanol–water partition coefficient (Wildman–Crippen LogP) is 4.28. The van der Waals surface area contributed by atoms with E-state index in [1.54, 1.807) is 54.3 Å². The predicted molar refractivity (Wildman–Crippen MR) is 99.7 cm³/mol. The van der Waals surface area contributed by atoms with Gasteiger partial charge in [-0.1, -0.05) is 18.2 Å². The molecule has 1 N–H and O–H groups in total. The lowest BCUT2D eigenvalue weighted by atomic mass is 10.2. The number of amides is 2. The molecule has 1 atom stereocenters. The number of anilines is 1. The number of esters is 1. The van der Waals surface area contributed by atoms with E-state index in [2.05, 4.69) is 5.32 Å². The number of urea groups is 1. The molecule has 5 nitrogen and oxygen atoms in total. The third-order valence-corrected chi connectivity index (χ3v) is 5.21. The molecular weight excluding hydrogens is 355 g/mol. The Morgan fingerprint density at radius 2 is 1.96 bits per heavy atom. The summed E-state index contributed by atoms with van der Waals surface area (Å²) in [5.41, 5.74) is 1.49. The zero-order chi connectivity index (χ0) is 18.5. The van der Waals surface area contributed by atoms with Crippen LogP contribution < -0.4 is 5.32 Å². The smallest absolute Gasteiger partial charge is 0.338 e. The van der Waals surface area contributed by atoms with Crippen LogP contribution in [-0.4, -0.2) is 35.8 Å². The number of rotatable bonds is 4. The summed E-state index contributed by atoms with van der Waals surface area (Å²) in [6.45, 7) is 2.59. The van der Waals surface area contributed by atoms with Crippen molar-refractivity contribution >= 4 is 29.4 Å². The van der Waals surface area contributed by atoms with Gasteiger partial charge in [0.25, 0.3) is 0 Å². The zero-order valence-corrected chi connectivity index (χ0v) is 15.1. The Balaban J connectivity index is 1.69. The van der Waals surface area contributed by atoms with Crippen LogP contribution in [-0.2, 0) is 4.74 Å². The summed E-state index contributed by atoms with van der Waals surface area (Å²) < 4.78 is 19.0. The van der Waals surface area contributed by atoms with Crippen LogP contribution in [0.3, 0.4) is 0 Å². The minimum atomic E-state index is -0.402. The lowest BCUT2D eigenvalue weighted by Crippen LogP contribution is -2.34. The first-order chi connectivity index (χ1) is 12.6. The molecule has 2 amide bonds. The van der Waals surface area contributed by atoms with Crippen LogP contribution in [0.5, 0.6) is 0 Å². The summed E-state index contributed by atoms with van der Waals surface area (Å²) >= 11 is 1.53. The first-order valence-corrected chi connectivity index (χ1v) is 9.36. The van der Waals surface area contributed by atoms with Crippen molar-refractivity contribution in [2.45, 2.75) is 12.3 Å². The van der Waals surface area contributed by atoms with Crippen molar-refractivity contribution in [3.8, 4) is 0 Å². The number of hydrogen-bond acceptors (Lipinski definition) is 4. The van der Waals surface area contributed by atoms with E-state index in [9.17, 15) is 14.0 Å². The van der Waals surface area contributed by atoms with E-state index in [1.807, 2.05) is 0 Å². The van der Waals surface area contributed by atoms with E-state index in [0.717, 1.165) is 5.75 Å². The number of carbonyl (C=O) groups is 2. The highest BCUT2D eigenvalue weighted by Crippen LogP contribution is 2.39. The number of ether oxygens (including phenoxy) is 1. The molecule has 0 bridgehead atoms. The van der Waals surface area contributed by atoms with Crippen LogP contribution in [0.1, 0.15) is 28.2 Å². The topological polar surface area (TPSA) is 58.6 Å². The largest absolute Gasteiger partial charge is 0.462 e. The molecule has 2 aromatic carbocycles. The standard InChI is InChI=1S/C19H19FN2O3S/c1-2-25-18(23)13-7-9-14(10-8-13)21-19(24)22-11-12-26-17(22)15-5-3-4-6-16(15)20/h3-10,17H,2,11-12H2,1H3,(H,21,24). The molecule has 0 aromatic heterocycles. The minimum Gasteiger partial charge on any atom is -0.462 e. The summed E-state index contributed by atoms with van der Waals surface area (Å²) in [6, 6.07) is 12.7. The van der Waals surface area contributed by atoms with Crippen molar-refractivity contribution in [2.75, 3.05) is 24.2 Å². The average Bonchev–Trinajstić information content (AvgIpc) is 3.12. The van der Waals surface area contributed by atoms with Crippen molar-refractivity contribution < 1.29 is 18.7 Å². The van der Waals surface area contributed by atoms with Gasteiger partial charge in [0, 0.05) is 23.5 Å². The summed E-state index contributed by atoms with van der Waals surface area (Å²) in [6.07, 6.45) is 0. The molecule has 1 heterocycles. The van der Waals surface area contributed by atoms with Crippen LogP contribution in [0.2, 0.25) is 0 Å². The van der Waals surface area contributed by atoms with E-state index in [0.29, 0.717) is 30.0 Å². The molecule has 0 spiro atoms. The number of nitrogens with one attached hydrogen (secondary N) is 1. The zero-order valence-electron chi connectivity index (χ0n) is 14.3. The van der Waals surface area contributed by atoms with Crippen molar-refractivity contribution in [1.29, 1.82) is 0 Å².